The minimum Gasteiger partial charge on any atom is -0.242 e. The predicted molar refractivity (Wildman–Crippen MR) is 43.4 cm³/mol. The van der Waals surface area contributed by atoms with Crippen molar-refractivity contribution in [3.8, 4) is 0 Å². The van der Waals surface area contributed by atoms with Gasteiger partial charge in [-0.2, -0.15) is 0 Å². The lowest BCUT2D eigenvalue weighted by Gasteiger charge is -2.24. The highest BCUT2D eigenvalue weighted by Crippen LogP contribution is 2.34. The summed E-state index contributed by atoms with van der Waals surface area (Å²) in [6.07, 6.45) is 5.86. The molecule has 0 spiro atoms. The fourth-order valence-electron chi connectivity index (χ4n) is 1.41. The van der Waals surface area contributed by atoms with Crippen molar-refractivity contribution >= 4 is 0 Å². The SMILES string of the molecule is Cc1nccc(C2CCC2)n1. The molecule has 1 aromatic heterocycles. The van der Waals surface area contributed by atoms with E-state index in [4.69, 9.17) is 0 Å². The Balaban J connectivity index is 2.23. The lowest BCUT2D eigenvalue weighted by Crippen LogP contribution is -2.11. The van der Waals surface area contributed by atoms with E-state index >= 15 is 0 Å². The van der Waals surface area contributed by atoms with Crippen molar-refractivity contribution in [1.29, 1.82) is 0 Å². The fourth-order valence-corrected chi connectivity index (χ4v) is 1.41. The summed E-state index contributed by atoms with van der Waals surface area (Å²) in [7, 11) is 0. The first-order valence-electron chi connectivity index (χ1n) is 4.16. The molecule has 0 amide bonds. The molecule has 0 atom stereocenters. The summed E-state index contributed by atoms with van der Waals surface area (Å²) in [5.74, 6) is 1.63. The van der Waals surface area contributed by atoms with Crippen LogP contribution in [-0.2, 0) is 0 Å². The normalized spacial score (nSPS) is 17.9. The van der Waals surface area contributed by atoms with Gasteiger partial charge in [0.2, 0.25) is 0 Å². The number of hydrogen-bond acceptors (Lipinski definition) is 2. The predicted octanol–water partition coefficient (Wildman–Crippen LogP) is 2.05. The van der Waals surface area contributed by atoms with Crippen LogP contribution < -0.4 is 0 Å². The standard InChI is InChI=1S/C9H12N2/c1-7-10-6-5-9(11-7)8-3-2-4-8/h5-6,8H,2-4H2,1H3. The van der Waals surface area contributed by atoms with Crippen LogP contribution in [-0.4, -0.2) is 9.97 Å². The van der Waals surface area contributed by atoms with Gasteiger partial charge in [-0.25, -0.2) is 9.97 Å². The first kappa shape index (κ1) is 6.77. The maximum atomic E-state index is 4.38. The summed E-state index contributed by atoms with van der Waals surface area (Å²) in [5.41, 5.74) is 1.24. The molecule has 1 fully saturated rings. The Morgan fingerprint density at radius 1 is 1.45 bits per heavy atom. The number of aromatic nitrogens is 2. The third kappa shape index (κ3) is 1.25. The fraction of sp³-hybridized carbons (Fsp3) is 0.556. The summed E-state index contributed by atoms with van der Waals surface area (Å²) in [6, 6.07) is 2.04. The Hall–Kier alpha value is -0.920. The topological polar surface area (TPSA) is 25.8 Å². The van der Waals surface area contributed by atoms with Crippen LogP contribution in [0.25, 0.3) is 0 Å². The van der Waals surface area contributed by atoms with Crippen molar-refractivity contribution in [2.24, 2.45) is 0 Å². The first-order valence-corrected chi connectivity index (χ1v) is 4.16. The molecular weight excluding hydrogens is 136 g/mol. The second-order valence-corrected chi connectivity index (χ2v) is 3.16. The third-order valence-corrected chi connectivity index (χ3v) is 2.32. The monoisotopic (exact) mass is 148 g/mol. The average Bonchev–Trinajstić information content (AvgIpc) is 1.83. The van der Waals surface area contributed by atoms with Gasteiger partial charge in [-0.1, -0.05) is 6.42 Å². The van der Waals surface area contributed by atoms with E-state index in [9.17, 15) is 0 Å². The average molecular weight is 148 g/mol. The molecule has 2 rings (SSSR count). The highest BCUT2D eigenvalue weighted by Gasteiger charge is 2.20. The molecule has 0 aromatic carbocycles. The molecule has 0 bridgehead atoms. The van der Waals surface area contributed by atoms with Gasteiger partial charge in [-0.3, -0.25) is 0 Å². The zero-order valence-corrected chi connectivity index (χ0v) is 6.75. The Kier molecular flexibility index (Phi) is 1.60. The van der Waals surface area contributed by atoms with E-state index in [1.807, 2.05) is 19.2 Å². The second-order valence-electron chi connectivity index (χ2n) is 3.16. The van der Waals surface area contributed by atoms with E-state index in [2.05, 4.69) is 9.97 Å². The minimum atomic E-state index is 0.733. The van der Waals surface area contributed by atoms with Gasteiger partial charge in [0.05, 0.1) is 0 Å². The molecule has 2 heteroatoms. The second kappa shape index (κ2) is 2.61. The molecule has 0 N–H and O–H groups in total. The molecule has 0 radical (unpaired) electrons. The summed E-state index contributed by atoms with van der Waals surface area (Å²) in [5, 5.41) is 0. The van der Waals surface area contributed by atoms with Gasteiger partial charge >= 0.3 is 0 Å². The van der Waals surface area contributed by atoms with Crippen LogP contribution in [0.3, 0.4) is 0 Å². The molecule has 11 heavy (non-hydrogen) atoms. The van der Waals surface area contributed by atoms with Crippen LogP contribution in [0.4, 0.5) is 0 Å². The molecule has 2 nitrogen and oxygen atoms in total. The highest BCUT2D eigenvalue weighted by molar-refractivity contribution is 5.10. The van der Waals surface area contributed by atoms with Gasteiger partial charge in [0.15, 0.2) is 0 Å². The Morgan fingerprint density at radius 2 is 2.27 bits per heavy atom. The van der Waals surface area contributed by atoms with Crippen LogP contribution in [0.2, 0.25) is 0 Å². The van der Waals surface area contributed by atoms with E-state index in [1.165, 1.54) is 25.0 Å². The molecule has 1 aliphatic carbocycles. The number of hydrogen-bond donors (Lipinski definition) is 0. The first-order chi connectivity index (χ1) is 5.36. The van der Waals surface area contributed by atoms with Gasteiger partial charge < -0.3 is 0 Å². The van der Waals surface area contributed by atoms with Gasteiger partial charge in [0.1, 0.15) is 5.82 Å². The Bertz CT molecular complexity index is 253. The maximum absolute atomic E-state index is 4.38. The van der Waals surface area contributed by atoms with Gasteiger partial charge in [0.25, 0.3) is 0 Å². The molecule has 1 aliphatic rings. The number of rotatable bonds is 1. The zero-order valence-electron chi connectivity index (χ0n) is 6.75. The summed E-state index contributed by atoms with van der Waals surface area (Å²) < 4.78 is 0. The largest absolute Gasteiger partial charge is 0.242 e. The summed E-state index contributed by atoms with van der Waals surface area (Å²) in [4.78, 5) is 8.45. The molecule has 0 unspecified atom stereocenters. The van der Waals surface area contributed by atoms with E-state index in [0.29, 0.717) is 0 Å². The van der Waals surface area contributed by atoms with Gasteiger partial charge in [-0.15, -0.1) is 0 Å². The highest BCUT2D eigenvalue weighted by atomic mass is 14.9. The van der Waals surface area contributed by atoms with Gasteiger partial charge in [-0.05, 0) is 25.8 Å². The smallest absolute Gasteiger partial charge is 0.125 e. The van der Waals surface area contributed by atoms with Crippen LogP contribution in [0.15, 0.2) is 12.3 Å². The van der Waals surface area contributed by atoms with E-state index in [0.717, 1.165) is 11.7 Å². The van der Waals surface area contributed by atoms with Crippen molar-refractivity contribution in [3.05, 3.63) is 23.8 Å². The molecule has 1 heterocycles. The molecule has 1 aromatic rings. The molecule has 0 aliphatic heterocycles. The summed E-state index contributed by atoms with van der Waals surface area (Å²) in [6.45, 7) is 1.95. The van der Waals surface area contributed by atoms with E-state index in [-0.39, 0.29) is 0 Å². The van der Waals surface area contributed by atoms with Crippen molar-refractivity contribution in [2.75, 3.05) is 0 Å². The van der Waals surface area contributed by atoms with E-state index < -0.39 is 0 Å². The van der Waals surface area contributed by atoms with Crippen LogP contribution in [0, 0.1) is 6.92 Å². The Labute approximate surface area is 66.7 Å². The number of nitrogens with zero attached hydrogens (tertiary/aromatic N) is 2. The van der Waals surface area contributed by atoms with Crippen LogP contribution in [0.1, 0.15) is 36.7 Å². The molecule has 1 saturated carbocycles. The molecule has 58 valence electrons. The maximum Gasteiger partial charge on any atom is 0.125 e. The lowest BCUT2D eigenvalue weighted by molar-refractivity contribution is 0.410. The van der Waals surface area contributed by atoms with Crippen molar-refractivity contribution < 1.29 is 0 Å². The Morgan fingerprint density at radius 3 is 2.82 bits per heavy atom. The van der Waals surface area contributed by atoms with Crippen LogP contribution >= 0.6 is 0 Å². The van der Waals surface area contributed by atoms with Crippen LogP contribution in [0.5, 0.6) is 0 Å². The summed E-state index contributed by atoms with van der Waals surface area (Å²) >= 11 is 0. The minimum absolute atomic E-state index is 0.733. The van der Waals surface area contributed by atoms with Crippen molar-refractivity contribution in [2.45, 2.75) is 32.1 Å². The van der Waals surface area contributed by atoms with Crippen molar-refractivity contribution in [3.63, 3.8) is 0 Å². The van der Waals surface area contributed by atoms with Crippen molar-refractivity contribution in [1.82, 2.24) is 9.97 Å². The number of aryl methyl sites for hydroxylation is 1. The van der Waals surface area contributed by atoms with E-state index in [1.54, 1.807) is 0 Å². The zero-order chi connectivity index (χ0) is 7.68. The lowest BCUT2D eigenvalue weighted by atomic mass is 9.83. The quantitative estimate of drug-likeness (QED) is 0.609. The molecule has 0 saturated heterocycles. The third-order valence-electron chi connectivity index (χ3n) is 2.32. The van der Waals surface area contributed by atoms with Gasteiger partial charge in [0, 0.05) is 17.8 Å². The molecular formula is C9H12N2.